The monoisotopic (exact) mass is 371 g/mol. The van der Waals surface area contributed by atoms with Gasteiger partial charge in [-0.25, -0.2) is 9.97 Å². The van der Waals surface area contributed by atoms with E-state index >= 15 is 0 Å². The number of nitrogens with zero attached hydrogens (tertiary/aromatic N) is 2. The summed E-state index contributed by atoms with van der Waals surface area (Å²) < 4.78 is 5.56. The Bertz CT molecular complexity index is 938. The van der Waals surface area contributed by atoms with E-state index in [1.54, 1.807) is 27.2 Å². The highest BCUT2D eigenvalue weighted by Crippen LogP contribution is 2.37. The maximum atomic E-state index is 10.1. The molecule has 1 unspecified atom stereocenters. The van der Waals surface area contributed by atoms with Crippen LogP contribution < -0.4 is 10.1 Å². The van der Waals surface area contributed by atoms with Crippen molar-refractivity contribution in [2.45, 2.75) is 32.4 Å². The summed E-state index contributed by atoms with van der Waals surface area (Å²) in [7, 11) is 1.62. The Morgan fingerprint density at radius 2 is 1.92 bits per heavy atom. The van der Waals surface area contributed by atoms with Crippen LogP contribution in [0.2, 0.25) is 5.02 Å². The summed E-state index contributed by atoms with van der Waals surface area (Å²) in [5, 5.41) is 14.7. The maximum absolute atomic E-state index is 10.1. The smallest absolute Gasteiger partial charge is 0.223 e. The first-order valence-electron chi connectivity index (χ1n) is 8.38. The molecule has 0 aliphatic heterocycles. The van der Waals surface area contributed by atoms with E-state index in [0.29, 0.717) is 16.7 Å². The number of rotatable bonds is 5. The largest absolute Gasteiger partial charge is 0.496 e. The highest BCUT2D eigenvalue weighted by atomic mass is 35.5. The van der Waals surface area contributed by atoms with Gasteiger partial charge < -0.3 is 15.2 Å². The molecule has 0 fully saturated rings. The summed E-state index contributed by atoms with van der Waals surface area (Å²) in [5.74, 6) is 1.14. The van der Waals surface area contributed by atoms with Gasteiger partial charge in [0.15, 0.2) is 0 Å². The fraction of sp³-hybridized carbons (Fsp3) is 0.300. The average molecular weight is 372 g/mol. The molecule has 6 heteroatoms. The van der Waals surface area contributed by atoms with E-state index in [2.05, 4.69) is 15.3 Å². The van der Waals surface area contributed by atoms with Crippen molar-refractivity contribution >= 4 is 28.5 Å². The van der Waals surface area contributed by atoms with Crippen LogP contribution in [0.4, 0.5) is 5.95 Å². The van der Waals surface area contributed by atoms with Crippen molar-refractivity contribution in [3.05, 3.63) is 47.6 Å². The molecular formula is C20H22ClN3O2. The second-order valence-corrected chi connectivity index (χ2v) is 7.21. The molecule has 1 heterocycles. The lowest BCUT2D eigenvalue weighted by atomic mass is 10.0. The molecule has 3 rings (SSSR count). The number of halogens is 1. The topological polar surface area (TPSA) is 67.3 Å². The lowest BCUT2D eigenvalue weighted by Crippen LogP contribution is -2.39. The third kappa shape index (κ3) is 3.74. The fourth-order valence-electron chi connectivity index (χ4n) is 2.56. The number of hydrogen-bond acceptors (Lipinski definition) is 5. The van der Waals surface area contributed by atoms with E-state index in [-0.39, 0.29) is 6.04 Å². The number of nitrogens with one attached hydrogen (secondary N) is 1. The number of aliphatic hydroxyl groups is 1. The minimum absolute atomic E-state index is 0.204. The second-order valence-electron chi connectivity index (χ2n) is 6.80. The van der Waals surface area contributed by atoms with Crippen LogP contribution in [0.5, 0.6) is 5.75 Å². The maximum Gasteiger partial charge on any atom is 0.223 e. The van der Waals surface area contributed by atoms with Gasteiger partial charge in [0.1, 0.15) is 5.75 Å². The molecule has 136 valence electrons. The Morgan fingerprint density at radius 3 is 2.58 bits per heavy atom. The number of methoxy groups -OCH3 is 1. The van der Waals surface area contributed by atoms with Crippen molar-refractivity contribution in [2.75, 3.05) is 12.4 Å². The van der Waals surface area contributed by atoms with Crippen LogP contribution >= 0.6 is 11.6 Å². The third-order valence-corrected chi connectivity index (χ3v) is 4.80. The van der Waals surface area contributed by atoms with E-state index < -0.39 is 5.60 Å². The summed E-state index contributed by atoms with van der Waals surface area (Å²) in [6.45, 7) is 5.36. The summed E-state index contributed by atoms with van der Waals surface area (Å²) in [5.41, 5.74) is 1.65. The minimum Gasteiger partial charge on any atom is -0.496 e. The molecule has 1 atom stereocenters. The number of ether oxygens (including phenoxy) is 1. The number of benzene rings is 2. The van der Waals surface area contributed by atoms with Gasteiger partial charge in [-0.3, -0.25) is 0 Å². The van der Waals surface area contributed by atoms with Gasteiger partial charge in [0.05, 0.1) is 24.3 Å². The molecule has 0 spiro atoms. The van der Waals surface area contributed by atoms with Gasteiger partial charge in [-0.05, 0) is 32.9 Å². The van der Waals surface area contributed by atoms with E-state index in [9.17, 15) is 5.11 Å². The number of aromatic nitrogens is 2. The molecule has 0 saturated carbocycles. The number of fused-ring (bicyclic) bond motifs is 1. The Balaban J connectivity index is 2.05. The van der Waals surface area contributed by atoms with Gasteiger partial charge >= 0.3 is 0 Å². The van der Waals surface area contributed by atoms with Crippen molar-refractivity contribution in [1.82, 2.24) is 9.97 Å². The van der Waals surface area contributed by atoms with Gasteiger partial charge in [0.25, 0.3) is 0 Å². The lowest BCUT2D eigenvalue weighted by Gasteiger charge is -2.26. The van der Waals surface area contributed by atoms with Crippen molar-refractivity contribution in [3.63, 3.8) is 0 Å². The summed E-state index contributed by atoms with van der Waals surface area (Å²) in [6, 6.07) is 11.3. The van der Waals surface area contributed by atoms with Crippen LogP contribution in [-0.4, -0.2) is 33.8 Å². The van der Waals surface area contributed by atoms with Gasteiger partial charge in [-0.1, -0.05) is 29.8 Å². The molecule has 5 nitrogen and oxygen atoms in total. The van der Waals surface area contributed by atoms with Crippen LogP contribution in [0.1, 0.15) is 20.8 Å². The fourth-order valence-corrected chi connectivity index (χ4v) is 2.80. The van der Waals surface area contributed by atoms with Crippen molar-refractivity contribution < 1.29 is 9.84 Å². The Kier molecular flexibility index (Phi) is 5.03. The molecule has 0 saturated heterocycles. The predicted molar refractivity (Wildman–Crippen MR) is 106 cm³/mol. The van der Waals surface area contributed by atoms with Crippen molar-refractivity contribution in [3.8, 4) is 16.9 Å². The van der Waals surface area contributed by atoms with Crippen molar-refractivity contribution in [1.29, 1.82) is 0 Å². The quantitative estimate of drug-likeness (QED) is 0.689. The van der Waals surface area contributed by atoms with Gasteiger partial charge in [-0.2, -0.15) is 0 Å². The highest BCUT2D eigenvalue weighted by Gasteiger charge is 2.23. The molecule has 0 amide bonds. The average Bonchev–Trinajstić information content (AvgIpc) is 2.60. The van der Waals surface area contributed by atoms with Crippen LogP contribution in [0, 0.1) is 0 Å². The lowest BCUT2D eigenvalue weighted by molar-refractivity contribution is 0.0646. The molecule has 3 aromatic rings. The number of hydrogen-bond donors (Lipinski definition) is 2. The van der Waals surface area contributed by atoms with E-state index in [4.69, 9.17) is 16.3 Å². The molecular weight excluding hydrogens is 350 g/mol. The molecule has 0 aliphatic carbocycles. The van der Waals surface area contributed by atoms with Crippen LogP contribution in [0.3, 0.4) is 0 Å². The Labute approximate surface area is 158 Å². The SMILES string of the molecule is COc1cc2nc(NC(C)C(C)(C)O)ncc2cc1-c1ccccc1Cl. The van der Waals surface area contributed by atoms with Gasteiger partial charge in [-0.15, -0.1) is 0 Å². The molecule has 0 aliphatic rings. The van der Waals surface area contributed by atoms with Gasteiger partial charge in [0.2, 0.25) is 5.95 Å². The second kappa shape index (κ2) is 7.09. The zero-order valence-corrected chi connectivity index (χ0v) is 16.0. The summed E-state index contributed by atoms with van der Waals surface area (Å²) in [6.07, 6.45) is 1.75. The first kappa shape index (κ1) is 18.4. The first-order chi connectivity index (χ1) is 12.3. The number of anilines is 1. The zero-order chi connectivity index (χ0) is 18.9. The summed E-state index contributed by atoms with van der Waals surface area (Å²) >= 11 is 6.34. The molecule has 0 radical (unpaired) electrons. The molecule has 2 N–H and O–H groups in total. The summed E-state index contributed by atoms with van der Waals surface area (Å²) in [4.78, 5) is 8.91. The zero-order valence-electron chi connectivity index (χ0n) is 15.2. The Morgan fingerprint density at radius 1 is 1.19 bits per heavy atom. The van der Waals surface area contributed by atoms with Crippen LogP contribution in [0.25, 0.3) is 22.0 Å². The van der Waals surface area contributed by atoms with Crippen LogP contribution in [-0.2, 0) is 0 Å². The molecule has 1 aromatic heterocycles. The molecule has 2 aromatic carbocycles. The van der Waals surface area contributed by atoms with Gasteiger partial charge in [0, 0.05) is 33.8 Å². The highest BCUT2D eigenvalue weighted by molar-refractivity contribution is 6.33. The Hall–Kier alpha value is -2.37. The molecule has 26 heavy (non-hydrogen) atoms. The normalized spacial score (nSPS) is 12.8. The first-order valence-corrected chi connectivity index (χ1v) is 8.76. The van der Waals surface area contributed by atoms with E-state index in [0.717, 1.165) is 22.0 Å². The minimum atomic E-state index is -0.885. The standard InChI is InChI=1S/C20H22ClN3O2/c1-12(20(2,3)25)23-19-22-11-13-9-15(14-7-5-6-8-16(14)21)18(26-4)10-17(13)24-19/h5-12,25H,1-4H3,(H,22,23,24). The predicted octanol–water partition coefficient (Wildman–Crippen LogP) is 4.53. The van der Waals surface area contributed by atoms with E-state index in [1.807, 2.05) is 43.3 Å². The third-order valence-electron chi connectivity index (χ3n) is 4.47. The van der Waals surface area contributed by atoms with Crippen molar-refractivity contribution in [2.24, 2.45) is 0 Å². The van der Waals surface area contributed by atoms with Crippen LogP contribution in [0.15, 0.2) is 42.6 Å². The molecule has 0 bridgehead atoms. The van der Waals surface area contributed by atoms with E-state index in [1.165, 1.54) is 0 Å².